The lowest BCUT2D eigenvalue weighted by Gasteiger charge is -2.25. The van der Waals surface area contributed by atoms with Crippen LogP contribution in [0, 0.1) is 0 Å². The van der Waals surface area contributed by atoms with E-state index in [9.17, 15) is 9.59 Å². The predicted molar refractivity (Wildman–Crippen MR) is 97.6 cm³/mol. The molecule has 2 aromatic rings. The van der Waals surface area contributed by atoms with Crippen molar-refractivity contribution in [1.29, 1.82) is 0 Å². The monoisotopic (exact) mass is 360 g/mol. The Hall–Kier alpha value is -2.53. The third-order valence-electron chi connectivity index (χ3n) is 3.88. The van der Waals surface area contributed by atoms with E-state index in [1.807, 2.05) is 37.3 Å². The summed E-state index contributed by atoms with van der Waals surface area (Å²) in [5.41, 5.74) is 0.971. The largest absolute Gasteiger partial charge is 0.484 e. The van der Waals surface area contributed by atoms with Crippen molar-refractivity contribution < 1.29 is 14.3 Å². The quantitative estimate of drug-likeness (QED) is 0.825. The van der Waals surface area contributed by atoms with Gasteiger partial charge in [0.15, 0.2) is 6.61 Å². The number of halogens is 1. The van der Waals surface area contributed by atoms with Crippen LogP contribution in [0.25, 0.3) is 0 Å². The van der Waals surface area contributed by atoms with Gasteiger partial charge in [-0.3, -0.25) is 9.59 Å². The van der Waals surface area contributed by atoms with Gasteiger partial charge in [-0.05, 0) is 36.8 Å². The maximum absolute atomic E-state index is 12.2. The number of hydrogen-bond donors (Lipinski definition) is 1. The summed E-state index contributed by atoms with van der Waals surface area (Å²) in [6.45, 7) is 1.71. The van der Waals surface area contributed by atoms with Gasteiger partial charge in [-0.25, -0.2) is 0 Å². The molecule has 5 nitrogen and oxygen atoms in total. The molecule has 2 amide bonds. The number of amides is 2. The molecule has 0 radical (unpaired) electrons. The summed E-state index contributed by atoms with van der Waals surface area (Å²) < 4.78 is 5.34. The average molecular weight is 361 g/mol. The Kier molecular flexibility index (Phi) is 6.83. The van der Waals surface area contributed by atoms with E-state index in [2.05, 4.69) is 5.32 Å². The number of rotatable bonds is 7. The predicted octanol–water partition coefficient (Wildman–Crippen LogP) is 3.05. The molecule has 1 N–H and O–H groups in total. The second-order valence-electron chi connectivity index (χ2n) is 5.61. The van der Waals surface area contributed by atoms with Crippen molar-refractivity contribution in [1.82, 2.24) is 10.2 Å². The molecule has 0 aliphatic rings. The van der Waals surface area contributed by atoms with Crippen LogP contribution < -0.4 is 10.1 Å². The van der Waals surface area contributed by atoms with Crippen molar-refractivity contribution in [2.75, 3.05) is 20.2 Å². The molecule has 0 aliphatic heterocycles. The number of likely N-dealkylation sites (N-methyl/N-ethyl adjacent to an activating group) is 1. The lowest BCUT2D eigenvalue weighted by Crippen LogP contribution is -2.40. The summed E-state index contributed by atoms with van der Waals surface area (Å²) in [5.74, 6) is 0.0812. The standard InChI is InChI=1S/C19H21ClN2O3/c1-14(15-8-10-16(20)11-9-15)22(2)19(24)12-21-18(23)13-25-17-6-4-3-5-7-17/h3-11,14H,12-13H2,1-2H3,(H,21,23). The fourth-order valence-electron chi connectivity index (χ4n) is 2.20. The minimum absolute atomic E-state index is 0.0780. The molecule has 0 aromatic heterocycles. The first-order chi connectivity index (χ1) is 12.0. The van der Waals surface area contributed by atoms with Crippen LogP contribution in [-0.4, -0.2) is 36.9 Å². The first kappa shape index (κ1) is 18.8. The highest BCUT2D eigenvalue weighted by atomic mass is 35.5. The van der Waals surface area contributed by atoms with E-state index in [-0.39, 0.29) is 31.0 Å². The second-order valence-corrected chi connectivity index (χ2v) is 6.05. The summed E-state index contributed by atoms with van der Waals surface area (Å²) in [6, 6.07) is 16.2. The van der Waals surface area contributed by atoms with E-state index in [4.69, 9.17) is 16.3 Å². The fourth-order valence-corrected chi connectivity index (χ4v) is 2.32. The van der Waals surface area contributed by atoms with Crippen molar-refractivity contribution in [3.05, 3.63) is 65.2 Å². The molecule has 0 fully saturated rings. The Labute approximate surface area is 152 Å². The summed E-state index contributed by atoms with van der Waals surface area (Å²) in [4.78, 5) is 25.6. The van der Waals surface area contributed by atoms with Gasteiger partial charge in [0.2, 0.25) is 5.91 Å². The molecule has 2 aromatic carbocycles. The molecular weight excluding hydrogens is 340 g/mol. The normalized spacial score (nSPS) is 11.5. The van der Waals surface area contributed by atoms with Crippen molar-refractivity contribution in [3.63, 3.8) is 0 Å². The Balaban J connectivity index is 1.78. The average Bonchev–Trinajstić information content (AvgIpc) is 2.64. The first-order valence-corrected chi connectivity index (χ1v) is 8.31. The number of carbonyl (C=O) groups is 2. The maximum atomic E-state index is 12.2. The number of nitrogens with zero attached hydrogens (tertiary/aromatic N) is 1. The summed E-state index contributed by atoms with van der Waals surface area (Å²) in [5, 5.41) is 3.22. The summed E-state index contributed by atoms with van der Waals surface area (Å²) in [6.07, 6.45) is 0. The van der Waals surface area contributed by atoms with Crippen LogP contribution in [0.15, 0.2) is 54.6 Å². The van der Waals surface area contributed by atoms with E-state index in [0.29, 0.717) is 10.8 Å². The van der Waals surface area contributed by atoms with Crippen molar-refractivity contribution in [3.8, 4) is 5.75 Å². The molecule has 0 bridgehead atoms. The Morgan fingerprint density at radius 1 is 1.12 bits per heavy atom. The van der Waals surface area contributed by atoms with Crippen LogP contribution >= 0.6 is 11.6 Å². The highest BCUT2D eigenvalue weighted by molar-refractivity contribution is 6.30. The molecule has 132 valence electrons. The highest BCUT2D eigenvalue weighted by Crippen LogP contribution is 2.20. The Morgan fingerprint density at radius 3 is 2.40 bits per heavy atom. The van der Waals surface area contributed by atoms with Gasteiger partial charge in [-0.2, -0.15) is 0 Å². The topological polar surface area (TPSA) is 58.6 Å². The van der Waals surface area contributed by atoms with E-state index in [1.165, 1.54) is 0 Å². The Morgan fingerprint density at radius 2 is 1.76 bits per heavy atom. The molecule has 0 saturated carbocycles. The van der Waals surface area contributed by atoms with Crippen LogP contribution in [-0.2, 0) is 9.59 Å². The number of nitrogens with one attached hydrogen (secondary N) is 1. The van der Waals surface area contributed by atoms with E-state index >= 15 is 0 Å². The van der Waals surface area contributed by atoms with Crippen LogP contribution in [0.4, 0.5) is 0 Å². The van der Waals surface area contributed by atoms with Crippen molar-refractivity contribution in [2.24, 2.45) is 0 Å². The molecule has 2 rings (SSSR count). The van der Waals surface area contributed by atoms with Crippen molar-refractivity contribution >= 4 is 23.4 Å². The van der Waals surface area contributed by atoms with Crippen LogP contribution in [0.3, 0.4) is 0 Å². The Bertz CT molecular complexity index is 704. The molecule has 1 atom stereocenters. The van der Waals surface area contributed by atoms with Gasteiger partial charge >= 0.3 is 0 Å². The number of ether oxygens (including phenoxy) is 1. The molecule has 0 saturated heterocycles. The smallest absolute Gasteiger partial charge is 0.258 e. The molecule has 1 unspecified atom stereocenters. The number of hydrogen-bond acceptors (Lipinski definition) is 3. The molecule has 6 heteroatoms. The van der Waals surface area contributed by atoms with E-state index in [1.54, 1.807) is 36.2 Å². The molecular formula is C19H21ClN2O3. The van der Waals surface area contributed by atoms with Gasteiger partial charge in [-0.15, -0.1) is 0 Å². The van der Waals surface area contributed by atoms with Gasteiger partial charge < -0.3 is 15.0 Å². The highest BCUT2D eigenvalue weighted by Gasteiger charge is 2.18. The van der Waals surface area contributed by atoms with Crippen LogP contribution in [0.2, 0.25) is 5.02 Å². The van der Waals surface area contributed by atoms with Gasteiger partial charge in [0.05, 0.1) is 12.6 Å². The minimum Gasteiger partial charge on any atom is -0.484 e. The zero-order valence-electron chi connectivity index (χ0n) is 14.2. The van der Waals surface area contributed by atoms with Gasteiger partial charge in [0, 0.05) is 12.1 Å². The maximum Gasteiger partial charge on any atom is 0.258 e. The van der Waals surface area contributed by atoms with Gasteiger partial charge in [-0.1, -0.05) is 41.9 Å². The lowest BCUT2D eigenvalue weighted by molar-refractivity contribution is -0.133. The molecule has 0 spiro atoms. The second kappa shape index (κ2) is 9.08. The first-order valence-electron chi connectivity index (χ1n) is 7.93. The zero-order chi connectivity index (χ0) is 18.2. The SMILES string of the molecule is CC(c1ccc(Cl)cc1)N(C)C(=O)CNC(=O)COc1ccccc1. The number of carbonyl (C=O) groups excluding carboxylic acids is 2. The summed E-state index contributed by atoms with van der Waals surface area (Å²) >= 11 is 5.88. The van der Waals surface area contributed by atoms with Gasteiger partial charge in [0.1, 0.15) is 5.75 Å². The van der Waals surface area contributed by atoms with Crippen LogP contribution in [0.5, 0.6) is 5.75 Å². The van der Waals surface area contributed by atoms with Gasteiger partial charge in [0.25, 0.3) is 5.91 Å². The fraction of sp³-hybridized carbons (Fsp3) is 0.263. The van der Waals surface area contributed by atoms with Crippen LogP contribution in [0.1, 0.15) is 18.5 Å². The third kappa shape index (κ3) is 5.80. The molecule has 0 aliphatic carbocycles. The number of benzene rings is 2. The van der Waals surface area contributed by atoms with E-state index < -0.39 is 0 Å². The summed E-state index contributed by atoms with van der Waals surface area (Å²) in [7, 11) is 1.70. The minimum atomic E-state index is -0.343. The lowest BCUT2D eigenvalue weighted by atomic mass is 10.1. The van der Waals surface area contributed by atoms with E-state index in [0.717, 1.165) is 5.56 Å². The molecule has 0 heterocycles. The third-order valence-corrected chi connectivity index (χ3v) is 4.13. The zero-order valence-corrected chi connectivity index (χ0v) is 15.0. The number of para-hydroxylation sites is 1. The molecule has 25 heavy (non-hydrogen) atoms. The van der Waals surface area contributed by atoms with Crippen molar-refractivity contribution in [2.45, 2.75) is 13.0 Å².